The molecular weight excluding hydrogens is 317 g/mol. The molecule has 0 radical (unpaired) electrons. The highest BCUT2D eigenvalue weighted by atomic mass is 35.5. The number of rotatable bonds is 4. The Bertz CT molecular complexity index is 755. The van der Waals surface area contributed by atoms with Crippen molar-refractivity contribution >= 4 is 23.2 Å². The summed E-state index contributed by atoms with van der Waals surface area (Å²) in [6.07, 6.45) is 0. The quantitative estimate of drug-likeness (QED) is 0.578. The molecule has 0 unspecified atom stereocenters. The van der Waals surface area contributed by atoms with Gasteiger partial charge in [0.1, 0.15) is 22.7 Å². The number of hydrogen-bond acceptors (Lipinski definition) is 2. The Balaban J connectivity index is 1.89. The van der Waals surface area contributed by atoms with Crippen molar-refractivity contribution in [2.75, 3.05) is 0 Å². The average molecular weight is 330 g/mol. The first kappa shape index (κ1) is 14.9. The van der Waals surface area contributed by atoms with Crippen LogP contribution in [0, 0.1) is 0 Å². The number of pyridine rings is 1. The zero-order valence-electron chi connectivity index (χ0n) is 11.7. The monoisotopic (exact) mass is 329 g/mol. The molecule has 0 N–H and O–H groups in total. The maximum atomic E-state index is 5.99. The number of halogens is 2. The van der Waals surface area contributed by atoms with Crippen LogP contribution in [0.25, 0.3) is 11.1 Å². The van der Waals surface area contributed by atoms with Gasteiger partial charge in [-0.3, -0.25) is 0 Å². The highest BCUT2D eigenvalue weighted by Gasteiger charge is 2.08. The Morgan fingerprint density at radius 1 is 0.818 bits per heavy atom. The predicted octanol–water partition coefficient (Wildman–Crippen LogP) is 5.63. The van der Waals surface area contributed by atoms with Crippen molar-refractivity contribution in [2.24, 2.45) is 0 Å². The van der Waals surface area contributed by atoms with Crippen molar-refractivity contribution in [1.29, 1.82) is 0 Å². The van der Waals surface area contributed by atoms with E-state index in [2.05, 4.69) is 4.98 Å². The lowest BCUT2D eigenvalue weighted by Gasteiger charge is -2.12. The zero-order chi connectivity index (χ0) is 15.4. The van der Waals surface area contributed by atoms with E-state index in [1.54, 1.807) is 12.1 Å². The Labute approximate surface area is 139 Å². The largest absolute Gasteiger partial charge is 0.488 e. The van der Waals surface area contributed by atoms with Crippen molar-refractivity contribution in [3.8, 4) is 16.9 Å². The van der Waals surface area contributed by atoms with E-state index in [1.165, 1.54) is 0 Å². The van der Waals surface area contributed by atoms with E-state index in [0.29, 0.717) is 16.9 Å². The van der Waals surface area contributed by atoms with Crippen molar-refractivity contribution in [3.63, 3.8) is 0 Å². The number of aromatic nitrogens is 1. The third-order valence-corrected chi connectivity index (χ3v) is 3.59. The van der Waals surface area contributed by atoms with Gasteiger partial charge in [0.15, 0.2) is 0 Å². The van der Waals surface area contributed by atoms with Crippen molar-refractivity contribution in [3.05, 3.63) is 82.6 Å². The van der Waals surface area contributed by atoms with Crippen LogP contribution in [0.4, 0.5) is 0 Å². The van der Waals surface area contributed by atoms with Crippen molar-refractivity contribution < 1.29 is 4.74 Å². The summed E-state index contributed by atoms with van der Waals surface area (Å²) in [6, 6.07) is 21.4. The van der Waals surface area contributed by atoms with E-state index < -0.39 is 0 Å². The van der Waals surface area contributed by atoms with Gasteiger partial charge < -0.3 is 4.74 Å². The topological polar surface area (TPSA) is 22.1 Å². The van der Waals surface area contributed by atoms with Gasteiger partial charge in [-0.15, -0.1) is 0 Å². The molecule has 0 atom stereocenters. The van der Waals surface area contributed by atoms with Crippen LogP contribution in [-0.4, -0.2) is 4.98 Å². The van der Waals surface area contributed by atoms with E-state index in [4.69, 9.17) is 27.9 Å². The van der Waals surface area contributed by atoms with E-state index in [-0.39, 0.29) is 0 Å². The van der Waals surface area contributed by atoms with E-state index in [1.807, 2.05) is 54.6 Å². The van der Waals surface area contributed by atoms with Crippen LogP contribution in [0.15, 0.2) is 66.7 Å². The molecule has 0 aliphatic heterocycles. The van der Waals surface area contributed by atoms with E-state index in [0.717, 1.165) is 22.4 Å². The minimum absolute atomic E-state index is 0.361. The Morgan fingerprint density at radius 3 is 2.18 bits per heavy atom. The zero-order valence-corrected chi connectivity index (χ0v) is 13.2. The summed E-state index contributed by atoms with van der Waals surface area (Å²) in [5.41, 5.74) is 2.93. The highest BCUT2D eigenvalue weighted by Crippen LogP contribution is 2.32. The average Bonchev–Trinajstić information content (AvgIpc) is 2.53. The SMILES string of the molecule is Clc1cc(-c2ccccc2OCc2ccccc2)cc(Cl)n1. The molecule has 0 amide bonds. The number of benzene rings is 2. The minimum atomic E-state index is 0.361. The first-order valence-corrected chi connectivity index (χ1v) is 7.57. The molecule has 22 heavy (non-hydrogen) atoms. The molecule has 1 heterocycles. The lowest BCUT2D eigenvalue weighted by atomic mass is 10.1. The molecule has 3 rings (SSSR count). The summed E-state index contributed by atoms with van der Waals surface area (Å²) in [7, 11) is 0. The Morgan fingerprint density at radius 2 is 1.45 bits per heavy atom. The number of ether oxygens (including phenoxy) is 1. The fourth-order valence-corrected chi connectivity index (χ4v) is 2.65. The van der Waals surface area contributed by atoms with Gasteiger partial charge in [0.25, 0.3) is 0 Å². The number of hydrogen-bond donors (Lipinski definition) is 0. The molecular formula is C18H13Cl2NO. The summed E-state index contributed by atoms with van der Waals surface area (Å²) in [4.78, 5) is 3.97. The van der Waals surface area contributed by atoms with E-state index >= 15 is 0 Å². The second-order valence-corrected chi connectivity index (χ2v) is 5.55. The third kappa shape index (κ3) is 3.59. The first-order chi connectivity index (χ1) is 10.7. The number of nitrogens with zero attached hydrogens (tertiary/aromatic N) is 1. The maximum Gasteiger partial charge on any atom is 0.131 e. The normalized spacial score (nSPS) is 10.5. The summed E-state index contributed by atoms with van der Waals surface area (Å²) < 4.78 is 5.95. The van der Waals surface area contributed by atoms with Crippen molar-refractivity contribution in [2.45, 2.75) is 6.61 Å². The second kappa shape index (κ2) is 6.82. The molecule has 0 spiro atoms. The fraction of sp³-hybridized carbons (Fsp3) is 0.0556. The van der Waals surface area contributed by atoms with E-state index in [9.17, 15) is 0 Å². The summed E-state index contributed by atoms with van der Waals surface area (Å²) in [5.74, 6) is 0.782. The van der Waals surface area contributed by atoms with Gasteiger partial charge in [-0.2, -0.15) is 0 Å². The molecule has 0 bridgehead atoms. The third-order valence-electron chi connectivity index (χ3n) is 3.20. The van der Waals surface area contributed by atoms with Gasteiger partial charge in [0.05, 0.1) is 0 Å². The smallest absolute Gasteiger partial charge is 0.131 e. The molecule has 4 heteroatoms. The van der Waals surface area contributed by atoms with Gasteiger partial charge in [-0.1, -0.05) is 71.7 Å². The Kier molecular flexibility index (Phi) is 4.62. The lowest BCUT2D eigenvalue weighted by Crippen LogP contribution is -1.96. The fourth-order valence-electron chi connectivity index (χ4n) is 2.19. The van der Waals surface area contributed by atoms with Crippen molar-refractivity contribution in [1.82, 2.24) is 4.98 Å². The van der Waals surface area contributed by atoms with Crippen LogP contribution >= 0.6 is 23.2 Å². The Hall–Kier alpha value is -2.03. The molecule has 110 valence electrons. The first-order valence-electron chi connectivity index (χ1n) is 6.81. The molecule has 0 aliphatic carbocycles. The molecule has 0 saturated heterocycles. The standard InChI is InChI=1S/C18H13Cl2NO/c19-17-10-14(11-18(20)21-17)15-8-4-5-9-16(15)22-12-13-6-2-1-3-7-13/h1-11H,12H2. The van der Waals surface area contributed by atoms with Gasteiger partial charge in [-0.25, -0.2) is 4.98 Å². The van der Waals surface area contributed by atoms with Crippen LogP contribution < -0.4 is 4.74 Å². The van der Waals surface area contributed by atoms with Gasteiger partial charge in [0.2, 0.25) is 0 Å². The van der Waals surface area contributed by atoms with Gasteiger partial charge in [0, 0.05) is 5.56 Å². The maximum absolute atomic E-state index is 5.99. The molecule has 0 saturated carbocycles. The summed E-state index contributed by atoms with van der Waals surface area (Å²) >= 11 is 12.0. The van der Waals surface area contributed by atoms with Crippen LogP contribution in [0.2, 0.25) is 10.3 Å². The summed E-state index contributed by atoms with van der Waals surface area (Å²) in [5, 5.41) is 0.723. The van der Waals surface area contributed by atoms with Crippen LogP contribution in [0.5, 0.6) is 5.75 Å². The second-order valence-electron chi connectivity index (χ2n) is 4.77. The molecule has 2 aromatic carbocycles. The lowest BCUT2D eigenvalue weighted by molar-refractivity contribution is 0.307. The summed E-state index contributed by atoms with van der Waals surface area (Å²) in [6.45, 7) is 0.504. The van der Waals surface area contributed by atoms with Crippen LogP contribution in [0.3, 0.4) is 0 Å². The number of para-hydroxylation sites is 1. The van der Waals surface area contributed by atoms with Gasteiger partial charge in [-0.05, 0) is 29.3 Å². The van der Waals surface area contributed by atoms with Crippen LogP contribution in [-0.2, 0) is 6.61 Å². The van der Waals surface area contributed by atoms with Crippen LogP contribution in [0.1, 0.15) is 5.56 Å². The molecule has 0 aliphatic rings. The molecule has 1 aromatic heterocycles. The van der Waals surface area contributed by atoms with Gasteiger partial charge >= 0.3 is 0 Å². The molecule has 0 fully saturated rings. The highest BCUT2D eigenvalue weighted by molar-refractivity contribution is 6.32. The molecule has 2 nitrogen and oxygen atoms in total. The minimum Gasteiger partial charge on any atom is -0.488 e. The predicted molar refractivity (Wildman–Crippen MR) is 90.5 cm³/mol. The molecule has 3 aromatic rings.